The highest BCUT2D eigenvalue weighted by Crippen LogP contribution is 2.34. The van der Waals surface area contributed by atoms with Crippen LogP contribution in [0.15, 0.2) is 23.1 Å². The topological polar surface area (TPSA) is 76.2 Å². The highest BCUT2D eigenvalue weighted by Gasteiger charge is 2.37. The third-order valence-corrected chi connectivity index (χ3v) is 5.89. The molecule has 0 unspecified atom stereocenters. The number of benzene rings is 1. The van der Waals surface area contributed by atoms with Crippen LogP contribution in [0.5, 0.6) is 5.75 Å². The van der Waals surface area contributed by atoms with Crippen LogP contribution < -0.4 is 4.74 Å². The van der Waals surface area contributed by atoms with Crippen molar-refractivity contribution in [1.82, 2.24) is 9.80 Å². The first-order chi connectivity index (χ1) is 13.9. The summed E-state index contributed by atoms with van der Waals surface area (Å²) in [6.07, 6.45) is 2.50. The van der Waals surface area contributed by atoms with Gasteiger partial charge >= 0.3 is 0 Å². The zero-order chi connectivity index (χ0) is 21.0. The summed E-state index contributed by atoms with van der Waals surface area (Å²) in [6.45, 7) is 5.58. The van der Waals surface area contributed by atoms with Gasteiger partial charge in [0.2, 0.25) is 5.91 Å². The summed E-state index contributed by atoms with van der Waals surface area (Å²) in [6, 6.07) is 5.20. The standard InChI is InChI=1S/C20H23ClN2O5S/c1-3-13(2)28-16-5-4-14(10-15(16)21)11-17-19(25)23(20(26)29-17)12-18(24)22-6-8-27-9-7-22/h4-5,10-11,13H,3,6-9,12H2,1-2H3/b17-11+/t13-/m0/s1. The molecule has 0 spiro atoms. The van der Waals surface area contributed by atoms with Gasteiger partial charge in [-0.3, -0.25) is 19.3 Å². The second-order valence-corrected chi connectivity index (χ2v) is 8.19. The van der Waals surface area contributed by atoms with Gasteiger partial charge in [-0.1, -0.05) is 24.6 Å². The number of thioether (sulfide) groups is 1. The molecule has 2 saturated heterocycles. The van der Waals surface area contributed by atoms with Gasteiger partial charge in [-0.2, -0.15) is 0 Å². The molecule has 0 aliphatic carbocycles. The molecule has 2 heterocycles. The Kier molecular flexibility index (Phi) is 7.21. The molecule has 0 aromatic heterocycles. The Morgan fingerprint density at radius 2 is 2.07 bits per heavy atom. The highest BCUT2D eigenvalue weighted by atomic mass is 35.5. The van der Waals surface area contributed by atoms with Gasteiger partial charge in [0.05, 0.1) is 29.2 Å². The highest BCUT2D eigenvalue weighted by molar-refractivity contribution is 8.18. The largest absolute Gasteiger partial charge is 0.489 e. The minimum absolute atomic E-state index is 0.0406. The Morgan fingerprint density at radius 1 is 1.34 bits per heavy atom. The SMILES string of the molecule is CC[C@H](C)Oc1ccc(/C=C2/SC(=O)N(CC(=O)N3CCOCC3)C2=O)cc1Cl. The molecule has 2 aliphatic rings. The van der Waals surface area contributed by atoms with Crippen LogP contribution in [0.1, 0.15) is 25.8 Å². The van der Waals surface area contributed by atoms with E-state index in [0.29, 0.717) is 42.6 Å². The lowest BCUT2D eigenvalue weighted by Gasteiger charge is -2.28. The predicted octanol–water partition coefficient (Wildman–Crippen LogP) is 3.41. The molecule has 3 amide bonds. The van der Waals surface area contributed by atoms with E-state index in [1.807, 2.05) is 13.8 Å². The van der Waals surface area contributed by atoms with Gasteiger partial charge in [0.25, 0.3) is 11.1 Å². The molecule has 1 atom stereocenters. The maximum Gasteiger partial charge on any atom is 0.294 e. The molecule has 2 fully saturated rings. The second kappa shape index (κ2) is 9.65. The van der Waals surface area contributed by atoms with Gasteiger partial charge in [0.15, 0.2) is 0 Å². The number of halogens is 1. The summed E-state index contributed by atoms with van der Waals surface area (Å²) in [5.74, 6) is -0.161. The minimum atomic E-state index is -0.474. The van der Waals surface area contributed by atoms with Crippen molar-refractivity contribution >= 4 is 46.5 Å². The van der Waals surface area contributed by atoms with Crippen molar-refractivity contribution in [3.63, 3.8) is 0 Å². The van der Waals surface area contributed by atoms with Crippen molar-refractivity contribution in [2.45, 2.75) is 26.4 Å². The molecule has 1 aromatic carbocycles. The fourth-order valence-electron chi connectivity index (χ4n) is 2.84. The van der Waals surface area contributed by atoms with Crippen LogP contribution in [0.25, 0.3) is 6.08 Å². The number of carbonyl (C=O) groups excluding carboxylic acids is 3. The monoisotopic (exact) mass is 438 g/mol. The third-order valence-electron chi connectivity index (χ3n) is 4.69. The first-order valence-corrected chi connectivity index (χ1v) is 10.7. The van der Waals surface area contributed by atoms with E-state index in [0.717, 1.165) is 23.1 Å². The maximum atomic E-state index is 12.6. The van der Waals surface area contributed by atoms with E-state index in [4.69, 9.17) is 21.1 Å². The Hall–Kier alpha value is -2.03. The molecular formula is C20H23ClN2O5S. The van der Waals surface area contributed by atoms with Crippen LogP contribution in [0.4, 0.5) is 4.79 Å². The number of rotatable bonds is 6. The molecule has 0 radical (unpaired) electrons. The van der Waals surface area contributed by atoms with E-state index in [1.165, 1.54) is 0 Å². The molecular weight excluding hydrogens is 416 g/mol. The average Bonchev–Trinajstić information content (AvgIpc) is 2.97. The van der Waals surface area contributed by atoms with Crippen LogP contribution in [-0.2, 0) is 14.3 Å². The Morgan fingerprint density at radius 3 is 2.72 bits per heavy atom. The van der Waals surface area contributed by atoms with Crippen molar-refractivity contribution in [1.29, 1.82) is 0 Å². The first-order valence-electron chi connectivity index (χ1n) is 9.46. The van der Waals surface area contributed by atoms with Gasteiger partial charge in [-0.15, -0.1) is 0 Å². The van der Waals surface area contributed by atoms with Crippen molar-refractivity contribution in [2.75, 3.05) is 32.8 Å². The number of amides is 3. The fourth-order valence-corrected chi connectivity index (χ4v) is 3.91. The minimum Gasteiger partial charge on any atom is -0.489 e. The molecule has 7 nitrogen and oxygen atoms in total. The molecule has 3 rings (SSSR count). The number of ether oxygens (including phenoxy) is 2. The Labute approximate surface area is 178 Å². The van der Waals surface area contributed by atoms with E-state index in [1.54, 1.807) is 29.2 Å². The van der Waals surface area contributed by atoms with E-state index < -0.39 is 11.1 Å². The average molecular weight is 439 g/mol. The number of carbonyl (C=O) groups is 3. The number of hydrogen-bond donors (Lipinski definition) is 0. The Bertz CT molecular complexity index is 838. The first kappa shape index (κ1) is 21.7. The van der Waals surface area contributed by atoms with E-state index >= 15 is 0 Å². The number of imide groups is 1. The van der Waals surface area contributed by atoms with E-state index in [2.05, 4.69) is 0 Å². The van der Waals surface area contributed by atoms with Gasteiger partial charge in [-0.25, -0.2) is 0 Å². The van der Waals surface area contributed by atoms with E-state index in [9.17, 15) is 14.4 Å². The smallest absolute Gasteiger partial charge is 0.294 e. The van der Waals surface area contributed by atoms with Crippen LogP contribution in [0.3, 0.4) is 0 Å². The van der Waals surface area contributed by atoms with Crippen molar-refractivity contribution in [2.24, 2.45) is 0 Å². The second-order valence-electron chi connectivity index (χ2n) is 6.79. The lowest BCUT2D eigenvalue weighted by molar-refractivity contribution is -0.139. The quantitative estimate of drug-likeness (QED) is 0.633. The maximum absolute atomic E-state index is 12.6. The molecule has 2 aliphatic heterocycles. The normalized spacial score (nSPS) is 19.8. The number of hydrogen-bond acceptors (Lipinski definition) is 6. The summed E-state index contributed by atoms with van der Waals surface area (Å²) < 4.78 is 11.0. The zero-order valence-electron chi connectivity index (χ0n) is 16.4. The molecule has 9 heteroatoms. The number of nitrogens with zero attached hydrogens (tertiary/aromatic N) is 2. The molecule has 29 heavy (non-hydrogen) atoms. The predicted molar refractivity (Wildman–Crippen MR) is 112 cm³/mol. The van der Waals surface area contributed by atoms with Gasteiger partial charge < -0.3 is 14.4 Å². The Balaban J connectivity index is 1.69. The lowest BCUT2D eigenvalue weighted by Crippen LogP contribution is -2.46. The van der Waals surface area contributed by atoms with Crippen molar-refractivity contribution in [3.05, 3.63) is 33.7 Å². The van der Waals surface area contributed by atoms with Gasteiger partial charge in [0.1, 0.15) is 12.3 Å². The number of morpholine rings is 1. The zero-order valence-corrected chi connectivity index (χ0v) is 17.9. The van der Waals surface area contributed by atoms with E-state index in [-0.39, 0.29) is 23.5 Å². The summed E-state index contributed by atoms with van der Waals surface area (Å²) in [7, 11) is 0. The van der Waals surface area contributed by atoms with Gasteiger partial charge in [-0.05, 0) is 48.9 Å². The van der Waals surface area contributed by atoms with Crippen molar-refractivity contribution < 1.29 is 23.9 Å². The third kappa shape index (κ3) is 5.32. The molecule has 0 saturated carbocycles. The van der Waals surface area contributed by atoms with Gasteiger partial charge in [0, 0.05) is 13.1 Å². The summed E-state index contributed by atoms with van der Waals surface area (Å²) in [5.41, 5.74) is 0.677. The van der Waals surface area contributed by atoms with Crippen LogP contribution in [-0.4, -0.2) is 65.8 Å². The van der Waals surface area contributed by atoms with Crippen LogP contribution >= 0.6 is 23.4 Å². The van der Waals surface area contributed by atoms with Crippen molar-refractivity contribution in [3.8, 4) is 5.75 Å². The summed E-state index contributed by atoms with van der Waals surface area (Å²) in [5, 5.41) is -0.0218. The molecule has 0 bridgehead atoms. The lowest BCUT2D eigenvalue weighted by atomic mass is 10.2. The van der Waals surface area contributed by atoms with Crippen LogP contribution in [0, 0.1) is 0 Å². The molecule has 0 N–H and O–H groups in total. The molecule has 1 aromatic rings. The van der Waals surface area contributed by atoms with Crippen LogP contribution in [0.2, 0.25) is 5.02 Å². The molecule has 156 valence electrons. The summed E-state index contributed by atoms with van der Waals surface area (Å²) >= 11 is 7.10. The fraction of sp³-hybridized carbons (Fsp3) is 0.450. The summed E-state index contributed by atoms with van der Waals surface area (Å²) in [4.78, 5) is 40.1.